The second-order valence-corrected chi connectivity index (χ2v) is 5.58. The van der Waals surface area contributed by atoms with E-state index < -0.39 is 0 Å². The molecule has 0 bridgehead atoms. The molecule has 2 aliphatic rings. The van der Waals surface area contributed by atoms with Crippen LogP contribution < -0.4 is 5.73 Å². The molecule has 2 saturated heterocycles. The van der Waals surface area contributed by atoms with Gasteiger partial charge in [-0.1, -0.05) is 18.2 Å². The number of fused-ring (bicyclic) bond motifs is 1. The van der Waals surface area contributed by atoms with Crippen LogP contribution in [0.1, 0.15) is 18.4 Å². The number of nitrogens with zero attached hydrogens (tertiary/aromatic N) is 2. The first-order chi connectivity index (χ1) is 8.83. The fraction of sp³-hybridized carbons (Fsp3) is 0.600. The van der Waals surface area contributed by atoms with Gasteiger partial charge in [-0.25, -0.2) is 0 Å². The van der Waals surface area contributed by atoms with Gasteiger partial charge in [0.1, 0.15) is 0 Å². The standard InChI is InChI=1S/C15H23N3/c16-15-6-2-1-4-13(15)7-9-17-10-11-18-8-3-5-14(18)12-17/h1-2,4,6,14H,3,5,7-12,16H2. The second kappa shape index (κ2) is 5.29. The quantitative estimate of drug-likeness (QED) is 0.821. The Morgan fingerprint density at radius 3 is 2.94 bits per heavy atom. The molecule has 0 amide bonds. The highest BCUT2D eigenvalue weighted by atomic mass is 15.3. The average molecular weight is 245 g/mol. The minimum atomic E-state index is 0.826. The van der Waals surface area contributed by atoms with Crippen molar-refractivity contribution in [2.45, 2.75) is 25.3 Å². The molecule has 1 aromatic carbocycles. The van der Waals surface area contributed by atoms with Crippen LogP contribution in [-0.4, -0.2) is 48.6 Å². The summed E-state index contributed by atoms with van der Waals surface area (Å²) in [4.78, 5) is 5.27. The lowest BCUT2D eigenvalue weighted by Crippen LogP contribution is -2.50. The second-order valence-electron chi connectivity index (χ2n) is 5.58. The molecular weight excluding hydrogens is 222 g/mol. The van der Waals surface area contributed by atoms with Gasteiger partial charge in [0, 0.05) is 37.9 Å². The van der Waals surface area contributed by atoms with Crippen molar-refractivity contribution in [1.29, 1.82) is 0 Å². The number of nitrogen functional groups attached to an aromatic ring is 1. The minimum Gasteiger partial charge on any atom is -0.399 e. The molecule has 3 heteroatoms. The van der Waals surface area contributed by atoms with Crippen LogP contribution in [0, 0.1) is 0 Å². The van der Waals surface area contributed by atoms with Crippen molar-refractivity contribution < 1.29 is 0 Å². The molecule has 2 fully saturated rings. The molecule has 0 radical (unpaired) electrons. The van der Waals surface area contributed by atoms with E-state index >= 15 is 0 Å². The number of nitrogens with two attached hydrogens (primary N) is 1. The largest absolute Gasteiger partial charge is 0.399 e. The van der Waals surface area contributed by atoms with E-state index in [1.807, 2.05) is 12.1 Å². The van der Waals surface area contributed by atoms with E-state index in [4.69, 9.17) is 5.73 Å². The summed E-state index contributed by atoms with van der Waals surface area (Å²) in [5, 5.41) is 0. The Bertz CT molecular complexity index is 404. The SMILES string of the molecule is Nc1ccccc1CCN1CCN2CCCC2C1. The molecule has 1 unspecified atom stereocenters. The Morgan fingerprint density at radius 2 is 2.06 bits per heavy atom. The van der Waals surface area contributed by atoms with Crippen LogP contribution in [0.3, 0.4) is 0 Å². The number of piperazine rings is 1. The van der Waals surface area contributed by atoms with E-state index in [2.05, 4.69) is 21.9 Å². The molecule has 98 valence electrons. The molecule has 2 aliphatic heterocycles. The summed E-state index contributed by atoms with van der Waals surface area (Å²) < 4.78 is 0. The van der Waals surface area contributed by atoms with Gasteiger partial charge in [0.05, 0.1) is 0 Å². The molecule has 0 aliphatic carbocycles. The van der Waals surface area contributed by atoms with Crippen LogP contribution in [0.15, 0.2) is 24.3 Å². The molecule has 3 nitrogen and oxygen atoms in total. The predicted molar refractivity (Wildman–Crippen MR) is 75.6 cm³/mol. The third-order valence-corrected chi connectivity index (χ3v) is 4.42. The highest BCUT2D eigenvalue weighted by Crippen LogP contribution is 2.21. The van der Waals surface area contributed by atoms with Crippen LogP contribution in [0.4, 0.5) is 5.69 Å². The van der Waals surface area contributed by atoms with Crippen molar-refractivity contribution in [2.24, 2.45) is 0 Å². The van der Waals surface area contributed by atoms with Crippen molar-refractivity contribution in [3.8, 4) is 0 Å². The van der Waals surface area contributed by atoms with Gasteiger partial charge in [-0.05, 0) is 37.4 Å². The molecule has 0 aromatic heterocycles. The highest BCUT2D eigenvalue weighted by Gasteiger charge is 2.30. The molecular formula is C15H23N3. The van der Waals surface area contributed by atoms with Crippen molar-refractivity contribution in [1.82, 2.24) is 9.80 Å². The van der Waals surface area contributed by atoms with Gasteiger partial charge in [0.25, 0.3) is 0 Å². The smallest absolute Gasteiger partial charge is 0.0347 e. The Morgan fingerprint density at radius 1 is 1.17 bits per heavy atom. The molecule has 3 rings (SSSR count). The zero-order valence-corrected chi connectivity index (χ0v) is 11.0. The molecule has 0 saturated carbocycles. The summed E-state index contributed by atoms with van der Waals surface area (Å²) in [6.07, 6.45) is 3.87. The summed E-state index contributed by atoms with van der Waals surface area (Å²) >= 11 is 0. The van der Waals surface area contributed by atoms with E-state index in [9.17, 15) is 0 Å². The lowest BCUT2D eigenvalue weighted by atomic mass is 10.1. The van der Waals surface area contributed by atoms with Gasteiger partial charge in [0.2, 0.25) is 0 Å². The number of hydrogen-bond donors (Lipinski definition) is 1. The average Bonchev–Trinajstić information content (AvgIpc) is 2.85. The maximum atomic E-state index is 5.99. The first kappa shape index (κ1) is 12.0. The summed E-state index contributed by atoms with van der Waals surface area (Å²) in [7, 11) is 0. The lowest BCUT2D eigenvalue weighted by Gasteiger charge is -2.37. The van der Waals surface area contributed by atoms with E-state index in [0.29, 0.717) is 0 Å². The normalized spacial score (nSPS) is 25.2. The van der Waals surface area contributed by atoms with Crippen molar-refractivity contribution >= 4 is 5.69 Å². The van der Waals surface area contributed by atoms with E-state index in [-0.39, 0.29) is 0 Å². The number of benzene rings is 1. The number of anilines is 1. The highest BCUT2D eigenvalue weighted by molar-refractivity contribution is 5.46. The maximum absolute atomic E-state index is 5.99. The van der Waals surface area contributed by atoms with Crippen LogP contribution >= 0.6 is 0 Å². The van der Waals surface area contributed by atoms with Gasteiger partial charge < -0.3 is 10.6 Å². The van der Waals surface area contributed by atoms with Gasteiger partial charge in [-0.2, -0.15) is 0 Å². The molecule has 0 spiro atoms. The zero-order valence-electron chi connectivity index (χ0n) is 11.0. The topological polar surface area (TPSA) is 32.5 Å². The lowest BCUT2D eigenvalue weighted by molar-refractivity contribution is 0.105. The van der Waals surface area contributed by atoms with Crippen molar-refractivity contribution in [3.63, 3.8) is 0 Å². The first-order valence-corrected chi connectivity index (χ1v) is 7.13. The van der Waals surface area contributed by atoms with Crippen LogP contribution in [0.25, 0.3) is 0 Å². The van der Waals surface area contributed by atoms with Gasteiger partial charge in [0.15, 0.2) is 0 Å². The molecule has 2 heterocycles. The minimum absolute atomic E-state index is 0.826. The van der Waals surface area contributed by atoms with Gasteiger partial charge >= 0.3 is 0 Å². The number of rotatable bonds is 3. The fourth-order valence-electron chi connectivity index (χ4n) is 3.30. The van der Waals surface area contributed by atoms with E-state index in [0.717, 1.165) is 24.7 Å². The molecule has 1 aromatic rings. The number of hydrogen-bond acceptors (Lipinski definition) is 3. The maximum Gasteiger partial charge on any atom is 0.0347 e. The number of para-hydroxylation sites is 1. The Kier molecular flexibility index (Phi) is 3.52. The summed E-state index contributed by atoms with van der Waals surface area (Å²) in [5.74, 6) is 0. The third-order valence-electron chi connectivity index (χ3n) is 4.42. The Balaban J connectivity index is 1.53. The van der Waals surface area contributed by atoms with Crippen LogP contribution in [0.2, 0.25) is 0 Å². The van der Waals surface area contributed by atoms with Crippen LogP contribution in [0.5, 0.6) is 0 Å². The Hall–Kier alpha value is -1.06. The van der Waals surface area contributed by atoms with Gasteiger partial charge in [-0.15, -0.1) is 0 Å². The molecule has 18 heavy (non-hydrogen) atoms. The van der Waals surface area contributed by atoms with E-state index in [1.165, 1.54) is 44.6 Å². The monoisotopic (exact) mass is 245 g/mol. The summed E-state index contributed by atoms with van der Waals surface area (Å²) in [6.45, 7) is 6.22. The molecule has 1 atom stereocenters. The zero-order chi connectivity index (χ0) is 12.4. The summed E-state index contributed by atoms with van der Waals surface area (Å²) in [6, 6.07) is 9.08. The third kappa shape index (κ3) is 2.52. The van der Waals surface area contributed by atoms with Gasteiger partial charge in [-0.3, -0.25) is 4.90 Å². The first-order valence-electron chi connectivity index (χ1n) is 7.13. The Labute approximate surface area is 110 Å². The molecule has 2 N–H and O–H groups in total. The van der Waals surface area contributed by atoms with Crippen LogP contribution in [-0.2, 0) is 6.42 Å². The predicted octanol–water partition coefficient (Wildman–Crippen LogP) is 1.59. The van der Waals surface area contributed by atoms with E-state index in [1.54, 1.807) is 0 Å². The van der Waals surface area contributed by atoms with Crippen molar-refractivity contribution in [3.05, 3.63) is 29.8 Å². The summed E-state index contributed by atoms with van der Waals surface area (Å²) in [5.41, 5.74) is 8.23. The fourth-order valence-corrected chi connectivity index (χ4v) is 3.30. The van der Waals surface area contributed by atoms with Crippen molar-refractivity contribution in [2.75, 3.05) is 38.5 Å².